The molecule has 2 amide bonds. The van der Waals surface area contributed by atoms with Crippen molar-refractivity contribution in [3.05, 3.63) is 45.2 Å². The maximum Gasteiger partial charge on any atom is 0.353 e. The first kappa shape index (κ1) is 23.6. The molecule has 2 aliphatic rings. The summed E-state index contributed by atoms with van der Waals surface area (Å²) < 4.78 is 27.5. The first-order chi connectivity index (χ1) is 16.1. The van der Waals surface area contributed by atoms with E-state index in [1.54, 1.807) is 6.92 Å². The molecule has 11 nitrogen and oxygen atoms in total. The summed E-state index contributed by atoms with van der Waals surface area (Å²) in [6.45, 7) is 1.62. The van der Waals surface area contributed by atoms with Gasteiger partial charge in [-0.05, 0) is 19.8 Å². The lowest BCUT2D eigenvalue weighted by atomic mass is 9.86. The third-order valence-corrected chi connectivity index (χ3v) is 7.22. The Morgan fingerprint density at radius 3 is 2.74 bits per heavy atom. The minimum Gasteiger partial charge on any atom is -0.477 e. The number of carbonyl (C=O) groups is 3. The van der Waals surface area contributed by atoms with Gasteiger partial charge in [-0.2, -0.15) is 0 Å². The van der Waals surface area contributed by atoms with E-state index in [0.717, 1.165) is 22.4 Å². The fraction of sp³-hybridized carbons (Fsp3) is 0.263. The third-order valence-electron chi connectivity index (χ3n) is 5.27. The number of aryl methyl sites for hydroxylation is 1. The lowest BCUT2D eigenvalue weighted by Gasteiger charge is -2.50. The monoisotopic (exact) mass is 510 g/mol. The molecule has 4 heterocycles. The number of carbonyl (C=O) groups excluding carboxylic acids is 2. The van der Waals surface area contributed by atoms with E-state index >= 15 is 0 Å². The SMILES string of the molecule is Cc1sc(N)nc1/C(=N/O)C(=O)N[C@@H]1C(=O)N2C(C(=O)O)=C(Sc3cncc(F)c3F)CC[C@H]12. The summed E-state index contributed by atoms with van der Waals surface area (Å²) in [5, 5.41) is 24.6. The van der Waals surface area contributed by atoms with E-state index in [9.17, 15) is 33.5 Å². The number of rotatable bonds is 6. The Morgan fingerprint density at radius 2 is 2.12 bits per heavy atom. The molecule has 2 aromatic heterocycles. The third kappa shape index (κ3) is 3.96. The highest BCUT2D eigenvalue weighted by atomic mass is 32.2. The van der Waals surface area contributed by atoms with E-state index in [1.807, 2.05) is 0 Å². The number of nitrogens with one attached hydrogen (secondary N) is 1. The molecule has 0 bridgehead atoms. The molecule has 0 spiro atoms. The standard InChI is InChI=1S/C19H16F2N6O5S2/c1-6-12(25-19(22)33-6)14(26-32)16(28)24-13-8-2-3-9(15(18(30)31)27(8)17(13)29)34-10-5-23-4-7(20)11(10)21/h4-5,8,13,32H,2-3H2,1H3,(H2,22,25)(H,24,28)(H,30,31)/b26-14-/t8-,13+/m1/s1. The predicted molar refractivity (Wildman–Crippen MR) is 116 cm³/mol. The van der Waals surface area contributed by atoms with Crippen LogP contribution in [0.4, 0.5) is 13.9 Å². The molecule has 0 unspecified atom stereocenters. The van der Waals surface area contributed by atoms with Gasteiger partial charge in [0.2, 0.25) is 0 Å². The molecule has 2 aromatic rings. The molecule has 0 saturated carbocycles. The van der Waals surface area contributed by atoms with Crippen molar-refractivity contribution >= 4 is 51.7 Å². The Balaban J connectivity index is 1.55. The van der Waals surface area contributed by atoms with E-state index in [4.69, 9.17) is 5.73 Å². The zero-order valence-corrected chi connectivity index (χ0v) is 18.9. The number of hydrogen-bond donors (Lipinski definition) is 4. The number of halogens is 2. The normalized spacial score (nSPS) is 20.1. The average molecular weight is 511 g/mol. The van der Waals surface area contributed by atoms with Crippen LogP contribution in [0, 0.1) is 18.6 Å². The number of fused-ring (bicyclic) bond motifs is 1. The average Bonchev–Trinajstić information content (AvgIpc) is 3.12. The zero-order chi connectivity index (χ0) is 24.7. The number of oxime groups is 1. The van der Waals surface area contributed by atoms with E-state index in [1.165, 1.54) is 0 Å². The number of aliphatic carboxylic acids is 1. The van der Waals surface area contributed by atoms with Gasteiger partial charge in [-0.1, -0.05) is 16.9 Å². The van der Waals surface area contributed by atoms with Crippen LogP contribution in [0.25, 0.3) is 0 Å². The van der Waals surface area contributed by atoms with Crippen LogP contribution in [-0.4, -0.2) is 60.8 Å². The van der Waals surface area contributed by atoms with Crippen molar-refractivity contribution in [1.29, 1.82) is 0 Å². The van der Waals surface area contributed by atoms with Gasteiger partial charge in [-0.25, -0.2) is 18.6 Å². The number of hydrogen-bond acceptors (Lipinski definition) is 10. The molecule has 34 heavy (non-hydrogen) atoms. The largest absolute Gasteiger partial charge is 0.477 e. The summed E-state index contributed by atoms with van der Waals surface area (Å²) in [6.07, 6.45) is 2.13. The van der Waals surface area contributed by atoms with Crippen LogP contribution in [0.3, 0.4) is 0 Å². The number of nitrogens with zero attached hydrogens (tertiary/aromatic N) is 4. The first-order valence-corrected chi connectivity index (χ1v) is 11.3. The van der Waals surface area contributed by atoms with Gasteiger partial charge in [-0.3, -0.25) is 19.5 Å². The molecule has 2 aliphatic heterocycles. The second-order valence-electron chi connectivity index (χ2n) is 7.28. The van der Waals surface area contributed by atoms with Crippen molar-refractivity contribution in [2.24, 2.45) is 5.16 Å². The molecule has 15 heteroatoms. The van der Waals surface area contributed by atoms with Gasteiger partial charge in [-0.15, -0.1) is 11.3 Å². The van der Waals surface area contributed by atoms with E-state index < -0.39 is 47.2 Å². The molecule has 0 aromatic carbocycles. The van der Waals surface area contributed by atoms with Crippen LogP contribution < -0.4 is 11.1 Å². The van der Waals surface area contributed by atoms with Crippen LogP contribution in [0.1, 0.15) is 23.4 Å². The van der Waals surface area contributed by atoms with Crippen LogP contribution in [0.2, 0.25) is 0 Å². The highest BCUT2D eigenvalue weighted by molar-refractivity contribution is 8.03. The Hall–Kier alpha value is -3.59. The number of β-lactam (4-membered cyclic amide) rings is 1. The molecular formula is C19H16F2N6O5S2. The second-order valence-corrected chi connectivity index (χ2v) is 9.65. The first-order valence-electron chi connectivity index (χ1n) is 9.66. The minimum atomic E-state index is -1.43. The molecule has 1 fully saturated rings. The Labute approximate surface area is 198 Å². The number of allylic oxidation sites excluding steroid dienone is 1. The molecule has 4 rings (SSSR count). The number of aromatic nitrogens is 2. The van der Waals surface area contributed by atoms with Gasteiger partial charge in [0.25, 0.3) is 11.8 Å². The number of carboxylic acids is 1. The molecular weight excluding hydrogens is 494 g/mol. The maximum atomic E-state index is 14.1. The lowest BCUT2D eigenvalue weighted by molar-refractivity contribution is -0.155. The Kier molecular flexibility index (Phi) is 6.22. The van der Waals surface area contributed by atoms with Gasteiger partial charge in [0.05, 0.1) is 17.1 Å². The Bertz CT molecular complexity index is 1280. The quantitative estimate of drug-likeness (QED) is 0.194. The van der Waals surface area contributed by atoms with Crippen molar-refractivity contribution in [2.45, 2.75) is 36.7 Å². The highest BCUT2D eigenvalue weighted by Gasteiger charge is 2.54. The van der Waals surface area contributed by atoms with Gasteiger partial charge in [0.15, 0.2) is 22.5 Å². The van der Waals surface area contributed by atoms with E-state index in [-0.39, 0.29) is 39.2 Å². The number of thioether (sulfide) groups is 1. The number of nitrogen functional groups attached to an aromatic ring is 1. The minimum absolute atomic E-state index is 0.0605. The van der Waals surface area contributed by atoms with Gasteiger partial charge < -0.3 is 21.4 Å². The summed E-state index contributed by atoms with van der Waals surface area (Å²) in [5.41, 5.74) is 4.86. The van der Waals surface area contributed by atoms with Gasteiger partial charge in [0.1, 0.15) is 17.4 Å². The van der Waals surface area contributed by atoms with Crippen molar-refractivity contribution in [1.82, 2.24) is 20.2 Å². The summed E-state index contributed by atoms with van der Waals surface area (Å²) in [5.74, 6) is -5.38. The zero-order valence-electron chi connectivity index (χ0n) is 17.3. The molecule has 0 radical (unpaired) electrons. The molecule has 2 atom stereocenters. The number of thiazole rings is 1. The molecule has 0 aliphatic carbocycles. The predicted octanol–water partition coefficient (Wildman–Crippen LogP) is 1.46. The number of carboxylic acid groups (broad SMARTS) is 1. The van der Waals surface area contributed by atoms with Crippen molar-refractivity contribution < 1.29 is 33.5 Å². The molecule has 178 valence electrons. The second kappa shape index (κ2) is 8.98. The fourth-order valence-corrected chi connectivity index (χ4v) is 5.54. The Morgan fingerprint density at radius 1 is 1.38 bits per heavy atom. The van der Waals surface area contributed by atoms with E-state index in [0.29, 0.717) is 22.8 Å². The van der Waals surface area contributed by atoms with Crippen LogP contribution >= 0.6 is 23.1 Å². The van der Waals surface area contributed by atoms with E-state index in [2.05, 4.69) is 20.4 Å². The number of amides is 2. The lowest BCUT2D eigenvalue weighted by Crippen LogP contribution is -2.72. The smallest absolute Gasteiger partial charge is 0.353 e. The highest BCUT2D eigenvalue weighted by Crippen LogP contribution is 2.43. The van der Waals surface area contributed by atoms with Crippen molar-refractivity contribution in [3.63, 3.8) is 0 Å². The maximum absolute atomic E-state index is 14.1. The number of nitrogens with two attached hydrogens (primary N) is 1. The van der Waals surface area contributed by atoms with Crippen LogP contribution in [0.15, 0.2) is 33.0 Å². The summed E-state index contributed by atoms with van der Waals surface area (Å²) in [7, 11) is 0. The fourth-order valence-electron chi connectivity index (χ4n) is 3.78. The topological polar surface area (TPSA) is 171 Å². The molecule has 5 N–H and O–H groups in total. The summed E-state index contributed by atoms with van der Waals surface area (Å²) in [4.78, 5) is 46.4. The number of pyridine rings is 1. The number of anilines is 1. The summed E-state index contributed by atoms with van der Waals surface area (Å²) >= 11 is 1.76. The van der Waals surface area contributed by atoms with Crippen LogP contribution in [0.5, 0.6) is 0 Å². The van der Waals surface area contributed by atoms with Crippen molar-refractivity contribution in [2.75, 3.05) is 5.73 Å². The van der Waals surface area contributed by atoms with Crippen molar-refractivity contribution in [3.8, 4) is 0 Å². The van der Waals surface area contributed by atoms with Crippen LogP contribution in [-0.2, 0) is 14.4 Å². The van der Waals surface area contributed by atoms with Gasteiger partial charge in [0, 0.05) is 16.0 Å². The van der Waals surface area contributed by atoms with Gasteiger partial charge >= 0.3 is 5.97 Å². The summed E-state index contributed by atoms with van der Waals surface area (Å²) in [6, 6.07) is -1.77. The molecule has 1 saturated heterocycles.